The van der Waals surface area contributed by atoms with Crippen molar-refractivity contribution >= 4 is 22.7 Å². The molecule has 2 aromatic heterocycles. The highest BCUT2D eigenvalue weighted by Crippen LogP contribution is 2.34. The number of amides is 1. The van der Waals surface area contributed by atoms with Gasteiger partial charge in [-0.15, -0.1) is 0 Å². The summed E-state index contributed by atoms with van der Waals surface area (Å²) in [6.07, 6.45) is 4.46. The first-order valence-corrected chi connectivity index (χ1v) is 11.1. The van der Waals surface area contributed by atoms with Crippen LogP contribution >= 0.6 is 0 Å². The van der Waals surface area contributed by atoms with Gasteiger partial charge in [-0.25, -0.2) is 9.97 Å². The highest BCUT2D eigenvalue weighted by atomic mass is 16.5. The lowest BCUT2D eigenvalue weighted by molar-refractivity contribution is -0.133. The first kappa shape index (κ1) is 19.8. The van der Waals surface area contributed by atoms with Gasteiger partial charge in [0.2, 0.25) is 0 Å². The largest absolute Gasteiger partial charge is 0.484 e. The van der Waals surface area contributed by atoms with Gasteiger partial charge in [-0.2, -0.15) is 0 Å². The van der Waals surface area contributed by atoms with Gasteiger partial charge in [0.25, 0.3) is 5.91 Å². The molecule has 0 unspecified atom stereocenters. The van der Waals surface area contributed by atoms with Crippen molar-refractivity contribution in [2.24, 2.45) is 0 Å². The number of fused-ring (bicyclic) bond motifs is 3. The van der Waals surface area contributed by atoms with Crippen LogP contribution in [0.4, 0.5) is 5.82 Å². The molecule has 1 saturated heterocycles. The van der Waals surface area contributed by atoms with E-state index in [2.05, 4.69) is 14.9 Å². The van der Waals surface area contributed by atoms with Crippen LogP contribution in [0.3, 0.4) is 0 Å². The summed E-state index contributed by atoms with van der Waals surface area (Å²) in [7, 11) is 0. The van der Waals surface area contributed by atoms with Crippen LogP contribution in [-0.4, -0.2) is 53.6 Å². The molecule has 0 radical (unpaired) electrons. The molecule has 0 atom stereocenters. The highest BCUT2D eigenvalue weighted by molar-refractivity contribution is 5.84. The van der Waals surface area contributed by atoms with Gasteiger partial charge < -0.3 is 19.0 Å². The fourth-order valence-electron chi connectivity index (χ4n) is 4.61. The van der Waals surface area contributed by atoms with Gasteiger partial charge in [-0.05, 0) is 51.3 Å². The second-order valence-electron chi connectivity index (χ2n) is 8.44. The number of ether oxygens (including phenoxy) is 1. The van der Waals surface area contributed by atoms with Gasteiger partial charge in [-0.3, -0.25) is 4.79 Å². The quantitative estimate of drug-likeness (QED) is 0.644. The van der Waals surface area contributed by atoms with Gasteiger partial charge in [0.05, 0.1) is 0 Å². The van der Waals surface area contributed by atoms with Gasteiger partial charge >= 0.3 is 0 Å². The van der Waals surface area contributed by atoms with E-state index < -0.39 is 0 Å². The molecule has 7 heteroatoms. The van der Waals surface area contributed by atoms with Crippen molar-refractivity contribution in [3.8, 4) is 5.75 Å². The molecule has 0 N–H and O–H groups in total. The molecule has 5 rings (SSSR count). The van der Waals surface area contributed by atoms with Gasteiger partial charge in [0.1, 0.15) is 28.7 Å². The number of anilines is 1. The maximum Gasteiger partial charge on any atom is 0.260 e. The third-order valence-electron chi connectivity index (χ3n) is 6.20. The molecule has 162 valence electrons. The molecule has 7 nitrogen and oxygen atoms in total. The summed E-state index contributed by atoms with van der Waals surface area (Å²) >= 11 is 0. The number of aryl methyl sites for hydroxylation is 4. The van der Waals surface area contributed by atoms with Crippen LogP contribution in [-0.2, 0) is 17.6 Å². The average Bonchev–Trinajstić information content (AvgIpc) is 3.15. The summed E-state index contributed by atoms with van der Waals surface area (Å²) in [5.41, 5.74) is 3.19. The number of piperazine rings is 1. The number of benzene rings is 1. The third-order valence-corrected chi connectivity index (χ3v) is 6.20. The molecule has 0 spiro atoms. The van der Waals surface area contributed by atoms with E-state index in [1.165, 1.54) is 18.4 Å². The number of hydrogen-bond acceptors (Lipinski definition) is 6. The number of furan rings is 1. The van der Waals surface area contributed by atoms with Crippen LogP contribution in [0.25, 0.3) is 11.0 Å². The van der Waals surface area contributed by atoms with Crippen molar-refractivity contribution in [1.29, 1.82) is 0 Å². The Kier molecular flexibility index (Phi) is 5.26. The van der Waals surface area contributed by atoms with Crippen molar-refractivity contribution in [2.45, 2.75) is 39.5 Å². The lowest BCUT2D eigenvalue weighted by atomic mass is 9.96. The molecule has 31 heavy (non-hydrogen) atoms. The van der Waals surface area contributed by atoms with E-state index in [9.17, 15) is 4.79 Å². The Hall–Kier alpha value is -3.09. The molecule has 0 bridgehead atoms. The predicted molar refractivity (Wildman–Crippen MR) is 119 cm³/mol. The molecule has 2 aliphatic rings. The Bertz CT molecular complexity index is 1100. The van der Waals surface area contributed by atoms with E-state index in [-0.39, 0.29) is 12.5 Å². The number of carbonyl (C=O) groups excluding carboxylic acids is 1. The van der Waals surface area contributed by atoms with Gasteiger partial charge in [0.15, 0.2) is 6.61 Å². The topological polar surface area (TPSA) is 71.7 Å². The van der Waals surface area contributed by atoms with E-state index in [1.54, 1.807) is 0 Å². The molecule has 1 aliphatic heterocycles. The third kappa shape index (κ3) is 4.09. The minimum Gasteiger partial charge on any atom is -0.484 e. The second-order valence-corrected chi connectivity index (χ2v) is 8.44. The van der Waals surface area contributed by atoms with E-state index >= 15 is 0 Å². The van der Waals surface area contributed by atoms with Gasteiger partial charge in [0, 0.05) is 55.3 Å². The van der Waals surface area contributed by atoms with E-state index in [0.29, 0.717) is 13.1 Å². The van der Waals surface area contributed by atoms with E-state index in [1.807, 2.05) is 43.0 Å². The molecule has 0 saturated carbocycles. The number of nitrogens with zero attached hydrogens (tertiary/aromatic N) is 4. The molecule has 1 amide bonds. The first-order valence-electron chi connectivity index (χ1n) is 11.1. The minimum atomic E-state index is 0.0176. The van der Waals surface area contributed by atoms with Crippen LogP contribution in [0, 0.1) is 13.8 Å². The molecule has 3 heterocycles. The zero-order chi connectivity index (χ0) is 21.4. The van der Waals surface area contributed by atoms with Crippen molar-refractivity contribution in [3.63, 3.8) is 0 Å². The predicted octanol–water partition coefficient (Wildman–Crippen LogP) is 3.45. The number of carbonyl (C=O) groups is 1. The van der Waals surface area contributed by atoms with E-state index in [4.69, 9.17) is 9.15 Å². The monoisotopic (exact) mass is 420 g/mol. The summed E-state index contributed by atoms with van der Waals surface area (Å²) < 4.78 is 11.8. The Morgan fingerprint density at radius 1 is 1.06 bits per heavy atom. The molecule has 3 aromatic rings. The van der Waals surface area contributed by atoms with Crippen LogP contribution in [0.5, 0.6) is 5.75 Å². The van der Waals surface area contributed by atoms with Crippen molar-refractivity contribution in [1.82, 2.24) is 14.9 Å². The fraction of sp³-hybridized carbons (Fsp3) is 0.458. The zero-order valence-corrected chi connectivity index (χ0v) is 18.2. The summed E-state index contributed by atoms with van der Waals surface area (Å²) in [4.78, 5) is 25.7. The number of rotatable bonds is 4. The Morgan fingerprint density at radius 3 is 2.68 bits per heavy atom. The van der Waals surface area contributed by atoms with Crippen LogP contribution < -0.4 is 9.64 Å². The number of aromatic nitrogens is 2. The Morgan fingerprint density at radius 2 is 1.87 bits per heavy atom. The van der Waals surface area contributed by atoms with Gasteiger partial charge in [-0.1, -0.05) is 0 Å². The molecule has 1 aliphatic carbocycles. The van der Waals surface area contributed by atoms with Crippen LogP contribution in [0.2, 0.25) is 0 Å². The first-order chi connectivity index (χ1) is 15.1. The van der Waals surface area contributed by atoms with Crippen LogP contribution in [0.1, 0.15) is 35.7 Å². The van der Waals surface area contributed by atoms with Crippen LogP contribution in [0.15, 0.2) is 28.7 Å². The highest BCUT2D eigenvalue weighted by Gasteiger charge is 2.23. The fourth-order valence-corrected chi connectivity index (χ4v) is 4.61. The summed E-state index contributed by atoms with van der Waals surface area (Å²) in [6, 6.07) is 7.87. The minimum absolute atomic E-state index is 0.0176. The van der Waals surface area contributed by atoms with Crippen molar-refractivity contribution in [3.05, 3.63) is 47.1 Å². The SMILES string of the molecule is Cc1cc(N2CCN(C(=O)COc3ccc4oc5c(c4c3)CCCC5)CC2)nc(C)n1. The molecular weight excluding hydrogens is 392 g/mol. The maximum atomic E-state index is 12.7. The summed E-state index contributed by atoms with van der Waals surface area (Å²) in [5.74, 6) is 3.56. The standard InChI is InChI=1S/C24H28N4O3/c1-16-13-23(26-17(2)25-16)27-9-11-28(12-10-27)24(29)15-30-18-7-8-22-20(14-18)19-5-3-4-6-21(19)31-22/h7-8,13-14H,3-6,9-12,15H2,1-2H3. The lowest BCUT2D eigenvalue weighted by Gasteiger charge is -2.35. The second kappa shape index (κ2) is 8.21. The average molecular weight is 421 g/mol. The zero-order valence-electron chi connectivity index (χ0n) is 18.2. The summed E-state index contributed by atoms with van der Waals surface area (Å²) in [5, 5.41) is 1.13. The molecular formula is C24H28N4O3. The van der Waals surface area contributed by atoms with Crippen molar-refractivity contribution in [2.75, 3.05) is 37.7 Å². The normalized spacial score (nSPS) is 16.5. The smallest absolute Gasteiger partial charge is 0.260 e. The number of hydrogen-bond donors (Lipinski definition) is 0. The van der Waals surface area contributed by atoms with E-state index in [0.717, 1.165) is 65.7 Å². The summed E-state index contributed by atoms with van der Waals surface area (Å²) in [6.45, 7) is 6.79. The maximum absolute atomic E-state index is 12.7. The van der Waals surface area contributed by atoms with Crippen molar-refractivity contribution < 1.29 is 13.9 Å². The Labute approximate surface area is 182 Å². The molecule has 1 fully saturated rings. The lowest BCUT2D eigenvalue weighted by Crippen LogP contribution is -2.50. The Balaban J connectivity index is 1.19. The molecule has 1 aromatic carbocycles.